The Kier molecular flexibility index (Phi) is 7.20. The van der Waals surface area contributed by atoms with E-state index in [4.69, 9.17) is 23.2 Å². The number of H-pyrrole nitrogens is 1. The van der Waals surface area contributed by atoms with Gasteiger partial charge < -0.3 is 0 Å². The number of benzene rings is 1. The first-order chi connectivity index (χ1) is 20.2. The van der Waals surface area contributed by atoms with E-state index in [0.717, 1.165) is 12.4 Å². The molecular formula is C25H16Cl2F5N10+. The second kappa shape index (κ2) is 11.0. The first kappa shape index (κ1) is 27.5. The lowest BCUT2D eigenvalue weighted by Gasteiger charge is -2.18. The number of nitrogens with one attached hydrogen (secondary N) is 1. The second-order valence-electron chi connectivity index (χ2n) is 8.93. The molecule has 0 aliphatic rings. The predicted molar refractivity (Wildman–Crippen MR) is 138 cm³/mol. The average Bonchev–Trinajstić information content (AvgIpc) is 3.77. The van der Waals surface area contributed by atoms with Crippen LogP contribution in [0, 0.1) is 17.5 Å². The minimum absolute atomic E-state index is 0.00719. The molecule has 0 spiro atoms. The molecule has 1 N–H and O–H groups in total. The predicted octanol–water partition coefficient (Wildman–Crippen LogP) is 5.41. The summed E-state index contributed by atoms with van der Waals surface area (Å²) in [4.78, 5) is 4.50. The molecule has 42 heavy (non-hydrogen) atoms. The van der Waals surface area contributed by atoms with E-state index in [1.54, 1.807) is 18.2 Å². The van der Waals surface area contributed by atoms with Gasteiger partial charge in [0.2, 0.25) is 0 Å². The smallest absolute Gasteiger partial charge is 0.267 e. The Morgan fingerprint density at radius 2 is 1.74 bits per heavy atom. The van der Waals surface area contributed by atoms with Gasteiger partial charge in [-0.2, -0.15) is 24.1 Å². The molecule has 0 aliphatic heterocycles. The van der Waals surface area contributed by atoms with Gasteiger partial charge in [-0.1, -0.05) is 22.9 Å². The normalized spacial score (nSPS) is 12.4. The quantitative estimate of drug-likeness (QED) is 0.181. The highest BCUT2D eigenvalue weighted by atomic mass is 35.5. The van der Waals surface area contributed by atoms with Crippen molar-refractivity contribution in [2.24, 2.45) is 0 Å². The highest BCUT2D eigenvalue weighted by Crippen LogP contribution is 2.33. The van der Waals surface area contributed by atoms with E-state index in [1.807, 2.05) is 0 Å². The van der Waals surface area contributed by atoms with Crippen molar-refractivity contribution in [2.45, 2.75) is 19.1 Å². The van der Waals surface area contributed by atoms with Crippen LogP contribution in [0.3, 0.4) is 0 Å². The molecule has 0 bridgehead atoms. The number of rotatable bonds is 8. The average molecular weight is 622 g/mol. The summed E-state index contributed by atoms with van der Waals surface area (Å²) in [6, 6.07) is 5.36. The molecule has 0 aliphatic carbocycles. The maximum absolute atomic E-state index is 15.3. The Labute approximate surface area is 242 Å². The molecule has 5 aromatic heterocycles. The van der Waals surface area contributed by atoms with E-state index in [1.165, 1.54) is 44.9 Å². The van der Waals surface area contributed by atoms with Crippen molar-refractivity contribution in [2.75, 3.05) is 0 Å². The molecule has 214 valence electrons. The number of alkyl halides is 2. The van der Waals surface area contributed by atoms with Crippen molar-refractivity contribution in [1.82, 2.24) is 44.6 Å². The van der Waals surface area contributed by atoms with Gasteiger partial charge >= 0.3 is 11.7 Å². The molecule has 6 rings (SSSR count). The Morgan fingerprint density at radius 1 is 0.905 bits per heavy atom. The van der Waals surface area contributed by atoms with Crippen LogP contribution >= 0.6 is 23.2 Å². The lowest BCUT2D eigenvalue weighted by Crippen LogP contribution is -2.33. The maximum Gasteiger partial charge on any atom is 0.333 e. The Hall–Kier alpha value is -4.63. The van der Waals surface area contributed by atoms with Crippen LogP contribution in [-0.2, 0) is 6.54 Å². The van der Waals surface area contributed by atoms with Gasteiger partial charge in [0, 0.05) is 23.5 Å². The van der Waals surface area contributed by atoms with E-state index in [2.05, 4.69) is 30.6 Å². The standard InChI is InChI=1S/C25H15Cl2F5N10/c26-16-2-4-19(41-12-21(27)37-38-41)22(23(16)30)13-1-3-18(33-5-13)20(11-39-10-15(28)7-34-39)40-9-14(6-35-40)24-17(29)8-36-42(24)25(31)32/h1-10,12,20,25H,11H2/p+1/t20-/m1/s1. The summed E-state index contributed by atoms with van der Waals surface area (Å²) < 4.78 is 74.6. The number of nitrogens with zero attached hydrogens (tertiary/aromatic N) is 9. The van der Waals surface area contributed by atoms with Gasteiger partial charge in [0.25, 0.3) is 0 Å². The Balaban J connectivity index is 1.41. The van der Waals surface area contributed by atoms with Gasteiger partial charge in [-0.25, -0.2) is 17.9 Å². The van der Waals surface area contributed by atoms with Gasteiger partial charge in [-0.05, 0) is 29.8 Å². The van der Waals surface area contributed by atoms with E-state index >= 15 is 4.39 Å². The Morgan fingerprint density at radius 3 is 2.40 bits per heavy atom. The molecule has 10 nitrogen and oxygen atoms in total. The molecule has 0 saturated heterocycles. The molecule has 6 aromatic rings. The highest BCUT2D eigenvalue weighted by molar-refractivity contribution is 6.31. The summed E-state index contributed by atoms with van der Waals surface area (Å²) in [6.45, 7) is -3.08. The van der Waals surface area contributed by atoms with E-state index < -0.39 is 35.7 Å². The van der Waals surface area contributed by atoms with Crippen LogP contribution in [0.2, 0.25) is 10.2 Å². The zero-order valence-corrected chi connectivity index (χ0v) is 22.4. The first-order valence-corrected chi connectivity index (χ1v) is 12.8. The van der Waals surface area contributed by atoms with Crippen molar-refractivity contribution < 1.29 is 26.6 Å². The summed E-state index contributed by atoms with van der Waals surface area (Å²) in [7, 11) is 0. The van der Waals surface area contributed by atoms with Gasteiger partial charge in [0.05, 0.1) is 52.7 Å². The van der Waals surface area contributed by atoms with Crippen molar-refractivity contribution in [3.8, 4) is 28.1 Å². The minimum Gasteiger partial charge on any atom is -0.267 e. The monoisotopic (exact) mass is 621 g/mol. The number of aromatic nitrogens is 10. The van der Waals surface area contributed by atoms with Crippen LogP contribution in [-0.4, -0.2) is 44.6 Å². The van der Waals surface area contributed by atoms with E-state index in [9.17, 15) is 17.6 Å². The molecule has 0 amide bonds. The number of hydrogen-bond donors (Lipinski definition) is 1. The molecule has 0 saturated carbocycles. The molecule has 5 heterocycles. The topological polar surface area (TPSA) is 98.9 Å². The van der Waals surface area contributed by atoms with Crippen LogP contribution in [0.5, 0.6) is 0 Å². The second-order valence-corrected chi connectivity index (χ2v) is 9.72. The highest BCUT2D eigenvalue weighted by Gasteiger charge is 2.25. The van der Waals surface area contributed by atoms with Crippen molar-refractivity contribution in [3.05, 3.63) is 101 Å². The van der Waals surface area contributed by atoms with Crippen LogP contribution < -0.4 is 4.68 Å². The summed E-state index contributed by atoms with van der Waals surface area (Å²) >= 11 is 12.0. The lowest BCUT2D eigenvalue weighted by molar-refractivity contribution is -0.659. The summed E-state index contributed by atoms with van der Waals surface area (Å²) in [5, 5.41) is 18.1. The SMILES string of the molecule is Fc1cnn(C[C@H](c2ccc(-c3c(-[n+]4cc(Cl)n[nH]4)ccc(Cl)c3F)cn2)n2cc(-c3c(F)cnn3C(F)F)cn2)c1. The molecule has 0 fully saturated rings. The fourth-order valence-corrected chi connectivity index (χ4v) is 4.77. The molecular weight excluding hydrogens is 606 g/mol. The first-order valence-electron chi connectivity index (χ1n) is 12.0. The van der Waals surface area contributed by atoms with Gasteiger partial charge in [0.15, 0.2) is 29.3 Å². The van der Waals surface area contributed by atoms with Crippen LogP contribution in [0.4, 0.5) is 22.0 Å². The van der Waals surface area contributed by atoms with Gasteiger partial charge in [-0.15, -0.1) is 4.68 Å². The number of pyridine rings is 1. The zero-order chi connectivity index (χ0) is 29.5. The Bertz CT molecular complexity index is 1880. The lowest BCUT2D eigenvalue weighted by atomic mass is 10.0. The van der Waals surface area contributed by atoms with E-state index in [-0.39, 0.29) is 32.5 Å². The fraction of sp³-hybridized carbons (Fsp3) is 0.120. The van der Waals surface area contributed by atoms with Crippen molar-refractivity contribution in [3.63, 3.8) is 0 Å². The van der Waals surface area contributed by atoms with Crippen molar-refractivity contribution in [1.29, 1.82) is 0 Å². The van der Waals surface area contributed by atoms with Gasteiger partial charge in [-0.3, -0.25) is 14.3 Å². The van der Waals surface area contributed by atoms with E-state index in [0.29, 0.717) is 23.1 Å². The van der Waals surface area contributed by atoms with Crippen LogP contribution in [0.25, 0.3) is 28.1 Å². The van der Waals surface area contributed by atoms with Crippen LogP contribution in [0.15, 0.2) is 67.6 Å². The fourth-order valence-electron chi connectivity index (χ4n) is 4.47. The number of hydrogen-bond acceptors (Lipinski definition) is 5. The molecule has 17 heteroatoms. The molecule has 0 unspecified atom stereocenters. The number of halogens is 7. The summed E-state index contributed by atoms with van der Waals surface area (Å²) in [6.07, 6.45) is 8.24. The molecule has 1 aromatic carbocycles. The third-order valence-corrected chi connectivity index (χ3v) is 6.81. The van der Waals surface area contributed by atoms with Crippen LogP contribution in [0.1, 0.15) is 18.3 Å². The largest absolute Gasteiger partial charge is 0.333 e. The third kappa shape index (κ3) is 5.12. The zero-order valence-electron chi connectivity index (χ0n) is 20.9. The molecule has 0 radical (unpaired) electrons. The third-order valence-electron chi connectivity index (χ3n) is 6.34. The molecule has 1 atom stereocenters. The number of aromatic amines is 1. The summed E-state index contributed by atoms with van der Waals surface area (Å²) in [5.74, 6) is -2.25. The minimum atomic E-state index is -3.09. The maximum atomic E-state index is 15.3. The van der Waals surface area contributed by atoms with Gasteiger partial charge in [0.1, 0.15) is 11.7 Å². The van der Waals surface area contributed by atoms with Crippen molar-refractivity contribution >= 4 is 23.2 Å². The summed E-state index contributed by atoms with van der Waals surface area (Å²) in [5.41, 5.74) is 0.745.